The van der Waals surface area contributed by atoms with Crippen molar-refractivity contribution in [2.75, 3.05) is 13.1 Å². The lowest BCUT2D eigenvalue weighted by Crippen LogP contribution is -2.58. The Balaban J connectivity index is 1.58. The van der Waals surface area contributed by atoms with E-state index in [0.717, 1.165) is 17.9 Å². The number of benzene rings is 1. The van der Waals surface area contributed by atoms with Gasteiger partial charge >= 0.3 is 0 Å². The van der Waals surface area contributed by atoms with Crippen LogP contribution >= 0.6 is 0 Å². The van der Waals surface area contributed by atoms with Crippen molar-refractivity contribution in [3.8, 4) is 0 Å². The second-order valence-corrected chi connectivity index (χ2v) is 8.38. The SMILES string of the molecule is CC1C2Cc3ccccc3C1(C)CCN2CC1CCCCC1. The Morgan fingerprint density at radius 1 is 1.14 bits per heavy atom. The topological polar surface area (TPSA) is 3.24 Å². The van der Waals surface area contributed by atoms with Gasteiger partial charge in [0.15, 0.2) is 0 Å². The third kappa shape index (κ3) is 2.33. The monoisotopic (exact) mass is 297 g/mol. The molecule has 1 aliphatic heterocycles. The van der Waals surface area contributed by atoms with Crippen LogP contribution in [0.5, 0.6) is 0 Å². The number of nitrogens with zero attached hydrogens (tertiary/aromatic N) is 1. The normalized spacial score (nSPS) is 36.1. The highest BCUT2D eigenvalue weighted by Gasteiger charge is 2.48. The Labute approximate surface area is 136 Å². The van der Waals surface area contributed by atoms with E-state index in [2.05, 4.69) is 43.0 Å². The summed E-state index contributed by atoms with van der Waals surface area (Å²) in [6.07, 6.45) is 9.99. The molecule has 1 nitrogen and oxygen atoms in total. The third-order valence-electron chi connectivity index (χ3n) is 7.25. The maximum Gasteiger partial charge on any atom is 0.0170 e. The first-order valence-corrected chi connectivity index (χ1v) is 9.51. The molecule has 1 aromatic carbocycles. The van der Waals surface area contributed by atoms with Gasteiger partial charge < -0.3 is 0 Å². The molecule has 2 fully saturated rings. The van der Waals surface area contributed by atoms with Crippen molar-refractivity contribution < 1.29 is 0 Å². The van der Waals surface area contributed by atoms with E-state index in [1.807, 2.05) is 0 Å². The first kappa shape index (κ1) is 14.8. The van der Waals surface area contributed by atoms with Crippen LogP contribution in [0.3, 0.4) is 0 Å². The highest BCUT2D eigenvalue weighted by Crippen LogP contribution is 2.48. The van der Waals surface area contributed by atoms with Gasteiger partial charge in [-0.05, 0) is 60.6 Å². The van der Waals surface area contributed by atoms with E-state index >= 15 is 0 Å². The van der Waals surface area contributed by atoms with Gasteiger partial charge in [-0.3, -0.25) is 4.90 Å². The molecule has 1 aromatic rings. The van der Waals surface area contributed by atoms with Gasteiger partial charge in [-0.1, -0.05) is 57.4 Å². The molecule has 0 spiro atoms. The molecule has 4 rings (SSSR count). The van der Waals surface area contributed by atoms with Crippen LogP contribution in [-0.4, -0.2) is 24.0 Å². The molecule has 1 heterocycles. The summed E-state index contributed by atoms with van der Waals surface area (Å²) in [5, 5.41) is 0. The van der Waals surface area contributed by atoms with Crippen molar-refractivity contribution in [1.29, 1.82) is 0 Å². The fraction of sp³-hybridized carbons (Fsp3) is 0.714. The van der Waals surface area contributed by atoms with E-state index in [-0.39, 0.29) is 0 Å². The van der Waals surface area contributed by atoms with Crippen molar-refractivity contribution in [1.82, 2.24) is 4.90 Å². The summed E-state index contributed by atoms with van der Waals surface area (Å²) in [6, 6.07) is 10.0. The summed E-state index contributed by atoms with van der Waals surface area (Å²) >= 11 is 0. The van der Waals surface area contributed by atoms with E-state index < -0.39 is 0 Å². The Kier molecular flexibility index (Phi) is 3.80. The quantitative estimate of drug-likeness (QED) is 0.758. The van der Waals surface area contributed by atoms with Gasteiger partial charge in [0.2, 0.25) is 0 Å². The summed E-state index contributed by atoms with van der Waals surface area (Å²) in [5.41, 5.74) is 3.68. The lowest BCUT2D eigenvalue weighted by Gasteiger charge is -2.55. The molecule has 3 unspecified atom stereocenters. The van der Waals surface area contributed by atoms with Crippen LogP contribution in [-0.2, 0) is 11.8 Å². The van der Waals surface area contributed by atoms with Gasteiger partial charge in [0, 0.05) is 12.6 Å². The minimum Gasteiger partial charge on any atom is -0.299 e. The maximum absolute atomic E-state index is 2.87. The van der Waals surface area contributed by atoms with Crippen molar-refractivity contribution >= 4 is 0 Å². The molecule has 1 heteroatoms. The molecule has 1 saturated carbocycles. The van der Waals surface area contributed by atoms with Crippen LogP contribution in [0.2, 0.25) is 0 Å². The molecule has 2 aliphatic carbocycles. The Morgan fingerprint density at radius 3 is 2.73 bits per heavy atom. The highest BCUT2D eigenvalue weighted by atomic mass is 15.2. The Bertz CT molecular complexity index is 530. The second-order valence-electron chi connectivity index (χ2n) is 8.38. The van der Waals surface area contributed by atoms with Gasteiger partial charge in [-0.2, -0.15) is 0 Å². The molecule has 3 atom stereocenters. The summed E-state index contributed by atoms with van der Waals surface area (Å²) in [6.45, 7) is 7.73. The van der Waals surface area contributed by atoms with E-state index in [1.165, 1.54) is 58.0 Å². The molecule has 0 amide bonds. The Morgan fingerprint density at radius 2 is 1.91 bits per heavy atom. The van der Waals surface area contributed by atoms with Crippen molar-refractivity contribution in [2.45, 2.75) is 70.3 Å². The number of hydrogen-bond donors (Lipinski definition) is 0. The Hall–Kier alpha value is -0.820. The van der Waals surface area contributed by atoms with Gasteiger partial charge in [0.05, 0.1) is 0 Å². The molecule has 22 heavy (non-hydrogen) atoms. The molecule has 0 aromatic heterocycles. The highest BCUT2D eigenvalue weighted by molar-refractivity contribution is 5.39. The zero-order valence-electron chi connectivity index (χ0n) is 14.4. The minimum atomic E-state index is 0.405. The van der Waals surface area contributed by atoms with Crippen molar-refractivity contribution in [3.05, 3.63) is 35.4 Å². The minimum absolute atomic E-state index is 0.405. The van der Waals surface area contributed by atoms with E-state index in [1.54, 1.807) is 11.1 Å². The molecule has 0 radical (unpaired) electrons. The first-order chi connectivity index (χ1) is 10.7. The molecular weight excluding hydrogens is 266 g/mol. The second kappa shape index (κ2) is 5.67. The zero-order chi connectivity index (χ0) is 15.2. The lowest BCUT2D eigenvalue weighted by atomic mass is 9.59. The standard InChI is InChI=1S/C21H31N/c1-16-20-14-18-10-6-7-11-19(18)21(16,2)12-13-22(20)15-17-8-4-3-5-9-17/h6-7,10-11,16-17,20H,3-5,8-9,12-15H2,1-2H3. The van der Waals surface area contributed by atoms with Crippen LogP contribution in [0.15, 0.2) is 24.3 Å². The number of rotatable bonds is 2. The van der Waals surface area contributed by atoms with Crippen LogP contribution in [0.25, 0.3) is 0 Å². The average Bonchev–Trinajstić information content (AvgIpc) is 2.55. The van der Waals surface area contributed by atoms with Crippen LogP contribution in [0, 0.1) is 11.8 Å². The molecule has 1 saturated heterocycles. The van der Waals surface area contributed by atoms with E-state index in [9.17, 15) is 0 Å². The summed E-state index contributed by atoms with van der Waals surface area (Å²) < 4.78 is 0. The van der Waals surface area contributed by atoms with Crippen molar-refractivity contribution in [2.24, 2.45) is 11.8 Å². The largest absolute Gasteiger partial charge is 0.299 e. The van der Waals surface area contributed by atoms with Crippen LogP contribution < -0.4 is 0 Å². The smallest absolute Gasteiger partial charge is 0.0170 e. The average molecular weight is 297 g/mol. The van der Waals surface area contributed by atoms with Gasteiger partial charge in [0.1, 0.15) is 0 Å². The zero-order valence-corrected chi connectivity index (χ0v) is 14.4. The molecule has 120 valence electrons. The molecule has 2 bridgehead atoms. The summed E-state index contributed by atoms with van der Waals surface area (Å²) in [4.78, 5) is 2.87. The summed E-state index contributed by atoms with van der Waals surface area (Å²) in [5.74, 6) is 1.77. The fourth-order valence-electron chi connectivity index (χ4n) is 5.60. The van der Waals surface area contributed by atoms with Crippen LogP contribution in [0.1, 0.15) is 63.5 Å². The lowest BCUT2D eigenvalue weighted by molar-refractivity contribution is 0.0173. The first-order valence-electron chi connectivity index (χ1n) is 9.51. The number of likely N-dealkylation sites (tertiary alicyclic amines) is 1. The van der Waals surface area contributed by atoms with Crippen molar-refractivity contribution in [3.63, 3.8) is 0 Å². The van der Waals surface area contributed by atoms with E-state index in [4.69, 9.17) is 0 Å². The van der Waals surface area contributed by atoms with Crippen LogP contribution in [0.4, 0.5) is 0 Å². The van der Waals surface area contributed by atoms with Gasteiger partial charge in [-0.15, -0.1) is 0 Å². The number of hydrogen-bond acceptors (Lipinski definition) is 1. The van der Waals surface area contributed by atoms with E-state index in [0.29, 0.717) is 5.41 Å². The van der Waals surface area contributed by atoms with Gasteiger partial charge in [-0.25, -0.2) is 0 Å². The molecule has 3 aliphatic rings. The number of piperidine rings is 1. The number of fused-ring (bicyclic) bond motifs is 4. The molecule has 0 N–H and O–H groups in total. The predicted molar refractivity (Wildman–Crippen MR) is 93.2 cm³/mol. The predicted octanol–water partition coefficient (Wildman–Crippen LogP) is 4.79. The third-order valence-corrected chi connectivity index (χ3v) is 7.25. The maximum atomic E-state index is 2.87. The summed E-state index contributed by atoms with van der Waals surface area (Å²) in [7, 11) is 0. The molecular formula is C21H31N. The fourth-order valence-corrected chi connectivity index (χ4v) is 5.60. The van der Waals surface area contributed by atoms with Gasteiger partial charge in [0.25, 0.3) is 0 Å².